The summed E-state index contributed by atoms with van der Waals surface area (Å²) in [6, 6.07) is 28.5. The Labute approximate surface area is 383 Å². The van der Waals surface area contributed by atoms with Crippen molar-refractivity contribution >= 4 is 5.97 Å². The van der Waals surface area contributed by atoms with Gasteiger partial charge in [0.2, 0.25) is 5.75 Å². The number of ether oxygens (including phenoxy) is 15. The van der Waals surface area contributed by atoms with Crippen molar-refractivity contribution in [1.29, 1.82) is 0 Å². The highest BCUT2D eigenvalue weighted by Crippen LogP contribution is 2.39. The first-order valence-corrected chi connectivity index (χ1v) is 21.7. The van der Waals surface area contributed by atoms with Crippen molar-refractivity contribution in [3.63, 3.8) is 0 Å². The third-order valence-electron chi connectivity index (χ3n) is 9.09. The highest BCUT2D eigenvalue weighted by molar-refractivity contribution is 5.91. The van der Waals surface area contributed by atoms with E-state index in [9.17, 15) is 4.79 Å². The summed E-state index contributed by atoms with van der Waals surface area (Å²) in [7, 11) is 4.58. The van der Waals surface area contributed by atoms with Crippen LogP contribution in [0.3, 0.4) is 0 Å². The van der Waals surface area contributed by atoms with Gasteiger partial charge in [0.15, 0.2) is 11.5 Å². The molecule has 0 saturated heterocycles. The minimum absolute atomic E-state index is 0.157. The van der Waals surface area contributed by atoms with Gasteiger partial charge >= 0.3 is 5.97 Å². The molecule has 4 rings (SSSR count). The SMILES string of the molecule is COC(=O)c1cc(OCCOCCOCCOCc2ccc(OC)cc2)c(OCCOCCOCCOCc2ccccc2)c(OCCOCCOCCOCc2ccc(OC)cc2)c1. The summed E-state index contributed by atoms with van der Waals surface area (Å²) in [5, 5.41) is 0. The number of carbonyl (C=O) groups excluding carboxylic acids is 1. The van der Waals surface area contributed by atoms with Gasteiger partial charge in [-0.05, 0) is 53.1 Å². The molecule has 0 aromatic heterocycles. The van der Waals surface area contributed by atoms with Gasteiger partial charge in [0, 0.05) is 0 Å². The molecule has 0 atom stereocenters. The lowest BCUT2D eigenvalue weighted by molar-refractivity contribution is 0.00366. The molecule has 65 heavy (non-hydrogen) atoms. The monoisotopic (exact) mass is 910 g/mol. The van der Waals surface area contributed by atoms with Crippen LogP contribution in [0.4, 0.5) is 0 Å². The molecule has 16 nitrogen and oxygen atoms in total. The van der Waals surface area contributed by atoms with Crippen LogP contribution in [0.25, 0.3) is 0 Å². The molecule has 4 aromatic rings. The van der Waals surface area contributed by atoms with Gasteiger partial charge in [-0.15, -0.1) is 0 Å². The number of hydrogen-bond acceptors (Lipinski definition) is 16. The van der Waals surface area contributed by atoms with Gasteiger partial charge in [-0.2, -0.15) is 0 Å². The number of benzene rings is 4. The zero-order valence-corrected chi connectivity index (χ0v) is 38.0. The molecule has 0 fully saturated rings. The quantitative estimate of drug-likeness (QED) is 0.0359. The van der Waals surface area contributed by atoms with Crippen molar-refractivity contribution in [1.82, 2.24) is 0 Å². The predicted octanol–water partition coefficient (Wildman–Crippen LogP) is 6.38. The van der Waals surface area contributed by atoms with Gasteiger partial charge in [0.25, 0.3) is 0 Å². The van der Waals surface area contributed by atoms with E-state index >= 15 is 0 Å². The fourth-order valence-corrected chi connectivity index (χ4v) is 5.70. The Morgan fingerprint density at radius 1 is 0.369 bits per heavy atom. The van der Waals surface area contributed by atoms with Crippen LogP contribution in [0, 0.1) is 0 Å². The lowest BCUT2D eigenvalue weighted by Crippen LogP contribution is -2.16. The average molecular weight is 911 g/mol. The molecular formula is C49H66O16. The number of esters is 1. The Morgan fingerprint density at radius 3 is 1.05 bits per heavy atom. The molecule has 0 unspecified atom stereocenters. The second-order valence-electron chi connectivity index (χ2n) is 13.9. The molecule has 0 bridgehead atoms. The van der Waals surface area contributed by atoms with Crippen LogP contribution in [-0.2, 0) is 67.2 Å². The Balaban J connectivity index is 1.17. The molecule has 0 radical (unpaired) electrons. The third-order valence-corrected chi connectivity index (χ3v) is 9.09. The van der Waals surface area contributed by atoms with Crippen molar-refractivity contribution in [2.75, 3.05) is 140 Å². The normalized spacial score (nSPS) is 11.1. The maximum atomic E-state index is 12.7. The molecular weight excluding hydrogens is 845 g/mol. The first-order chi connectivity index (χ1) is 32.1. The fourth-order valence-electron chi connectivity index (χ4n) is 5.70. The summed E-state index contributed by atoms with van der Waals surface area (Å²) in [4.78, 5) is 12.7. The summed E-state index contributed by atoms with van der Waals surface area (Å²) >= 11 is 0. The fraction of sp³-hybridized carbons (Fsp3) is 0.490. The van der Waals surface area contributed by atoms with Crippen LogP contribution in [0.5, 0.6) is 28.7 Å². The van der Waals surface area contributed by atoms with E-state index in [-0.39, 0.29) is 56.7 Å². The topological polar surface area (TPSA) is 156 Å². The Morgan fingerprint density at radius 2 is 0.692 bits per heavy atom. The highest BCUT2D eigenvalue weighted by atomic mass is 16.6. The Bertz CT molecular complexity index is 1700. The molecule has 358 valence electrons. The minimum atomic E-state index is -0.567. The van der Waals surface area contributed by atoms with E-state index in [2.05, 4.69) is 0 Å². The first-order valence-electron chi connectivity index (χ1n) is 21.7. The van der Waals surface area contributed by atoms with Gasteiger partial charge in [-0.3, -0.25) is 0 Å². The van der Waals surface area contributed by atoms with Crippen molar-refractivity contribution in [3.8, 4) is 28.7 Å². The smallest absolute Gasteiger partial charge is 0.338 e. The van der Waals surface area contributed by atoms with E-state index in [1.807, 2.05) is 78.9 Å². The van der Waals surface area contributed by atoms with Crippen LogP contribution >= 0.6 is 0 Å². The molecule has 0 aliphatic rings. The lowest BCUT2D eigenvalue weighted by atomic mass is 10.2. The largest absolute Gasteiger partial charge is 0.497 e. The third kappa shape index (κ3) is 23.1. The van der Waals surface area contributed by atoms with Crippen molar-refractivity contribution in [2.24, 2.45) is 0 Å². The van der Waals surface area contributed by atoms with Crippen molar-refractivity contribution in [2.45, 2.75) is 19.8 Å². The van der Waals surface area contributed by atoms with Crippen LogP contribution in [0.1, 0.15) is 27.0 Å². The minimum Gasteiger partial charge on any atom is -0.497 e. The Kier molecular flexibility index (Phi) is 27.8. The molecule has 16 heteroatoms. The van der Waals surface area contributed by atoms with Crippen molar-refractivity contribution in [3.05, 3.63) is 113 Å². The van der Waals surface area contributed by atoms with Crippen LogP contribution in [-0.4, -0.2) is 146 Å². The summed E-state index contributed by atoms with van der Waals surface area (Å²) in [5.74, 6) is 1.89. The van der Waals surface area contributed by atoms with Crippen LogP contribution in [0.15, 0.2) is 91.0 Å². The van der Waals surface area contributed by atoms with E-state index in [0.29, 0.717) is 105 Å². The zero-order chi connectivity index (χ0) is 45.8. The van der Waals surface area contributed by atoms with E-state index in [1.54, 1.807) is 26.4 Å². The van der Waals surface area contributed by atoms with Gasteiger partial charge in [-0.1, -0.05) is 54.6 Å². The highest BCUT2D eigenvalue weighted by Gasteiger charge is 2.20. The van der Waals surface area contributed by atoms with Gasteiger partial charge in [0.05, 0.1) is 146 Å². The summed E-state index contributed by atoms with van der Waals surface area (Å²) in [6.07, 6.45) is 0. The first kappa shape index (κ1) is 52.6. The average Bonchev–Trinajstić information content (AvgIpc) is 3.34. The maximum absolute atomic E-state index is 12.7. The Hall–Kier alpha value is -5.01. The van der Waals surface area contributed by atoms with E-state index < -0.39 is 5.97 Å². The van der Waals surface area contributed by atoms with Gasteiger partial charge in [0.1, 0.15) is 31.3 Å². The number of carbonyl (C=O) groups is 1. The van der Waals surface area contributed by atoms with Crippen molar-refractivity contribution < 1.29 is 75.8 Å². The molecule has 0 amide bonds. The molecule has 4 aromatic carbocycles. The zero-order valence-electron chi connectivity index (χ0n) is 38.0. The van der Waals surface area contributed by atoms with Gasteiger partial charge in [-0.25, -0.2) is 4.79 Å². The number of hydrogen-bond donors (Lipinski definition) is 0. The molecule has 0 heterocycles. The number of rotatable bonds is 39. The molecule has 0 aliphatic heterocycles. The molecule has 0 spiro atoms. The maximum Gasteiger partial charge on any atom is 0.338 e. The summed E-state index contributed by atoms with van der Waals surface area (Å²) < 4.78 is 84.9. The second kappa shape index (κ2) is 34.4. The van der Waals surface area contributed by atoms with E-state index in [4.69, 9.17) is 71.1 Å². The lowest BCUT2D eigenvalue weighted by Gasteiger charge is -2.18. The molecule has 0 aliphatic carbocycles. The van der Waals surface area contributed by atoms with E-state index in [1.165, 1.54) is 7.11 Å². The summed E-state index contributed by atoms with van der Waals surface area (Å²) in [6.45, 7) is 7.69. The van der Waals surface area contributed by atoms with Crippen LogP contribution in [0.2, 0.25) is 0 Å². The standard InChI is InChI=1S/C49H66O16/c1-51-44-13-9-41(10-14-44)38-61-27-24-54-17-20-57-29-32-63-46-35-43(49(50)53-3)36-47(48(46)65-34-31-59-22-19-56-23-26-60-37-40-7-5-4-6-8-40)64-33-30-58-21-18-55-25-28-62-39-42-11-15-45(52-2)16-12-42/h4-16,35-36H,17-34,37-39H2,1-3H3. The summed E-state index contributed by atoms with van der Waals surface area (Å²) in [5.41, 5.74) is 3.44. The molecule has 0 N–H and O–H groups in total. The number of methoxy groups -OCH3 is 3. The predicted molar refractivity (Wildman–Crippen MR) is 241 cm³/mol. The van der Waals surface area contributed by atoms with E-state index in [0.717, 1.165) is 28.2 Å². The second-order valence-corrected chi connectivity index (χ2v) is 13.9. The molecule has 0 saturated carbocycles. The van der Waals surface area contributed by atoms with Gasteiger partial charge < -0.3 is 71.1 Å². The van der Waals surface area contributed by atoms with Crippen LogP contribution < -0.4 is 23.7 Å².